The molecular formula is C23H23N5O3S. The molecule has 1 aromatic carbocycles. The van der Waals surface area contributed by atoms with Gasteiger partial charge in [0.15, 0.2) is 22.9 Å². The molecule has 0 aliphatic carbocycles. The Balaban J connectivity index is 1.89. The first-order valence-corrected chi connectivity index (χ1v) is 11.8. The van der Waals surface area contributed by atoms with Gasteiger partial charge >= 0.3 is 0 Å². The van der Waals surface area contributed by atoms with E-state index >= 15 is 0 Å². The van der Waals surface area contributed by atoms with Gasteiger partial charge in [-0.1, -0.05) is 31.5 Å². The van der Waals surface area contributed by atoms with E-state index in [1.165, 1.54) is 3.97 Å². The van der Waals surface area contributed by atoms with Crippen molar-refractivity contribution in [3.63, 3.8) is 0 Å². The molecule has 32 heavy (non-hydrogen) atoms. The van der Waals surface area contributed by atoms with E-state index in [4.69, 9.17) is 9.40 Å². The van der Waals surface area contributed by atoms with Gasteiger partial charge in [0.1, 0.15) is 11.6 Å². The number of aryl methyl sites for hydroxylation is 3. The van der Waals surface area contributed by atoms with Crippen LogP contribution in [0.15, 0.2) is 51.8 Å². The third kappa shape index (κ3) is 2.96. The van der Waals surface area contributed by atoms with Gasteiger partial charge in [0.2, 0.25) is 0 Å². The number of rotatable bonds is 4. The maximum absolute atomic E-state index is 13.6. The molecule has 8 nitrogen and oxygen atoms in total. The van der Waals surface area contributed by atoms with Gasteiger partial charge in [-0.15, -0.1) is 10.2 Å². The summed E-state index contributed by atoms with van der Waals surface area (Å²) in [7, 11) is -3.88. The van der Waals surface area contributed by atoms with Crippen LogP contribution < -0.4 is 0 Å². The summed E-state index contributed by atoms with van der Waals surface area (Å²) >= 11 is 0. The molecule has 5 aromatic rings. The van der Waals surface area contributed by atoms with Crippen molar-refractivity contribution in [1.29, 1.82) is 0 Å². The van der Waals surface area contributed by atoms with Crippen molar-refractivity contribution in [2.75, 3.05) is 0 Å². The predicted octanol–water partition coefficient (Wildman–Crippen LogP) is 4.62. The van der Waals surface area contributed by atoms with Crippen LogP contribution in [0.1, 0.15) is 42.6 Å². The van der Waals surface area contributed by atoms with Crippen LogP contribution in [0, 0.1) is 20.8 Å². The second-order valence-corrected chi connectivity index (χ2v) is 10.1. The van der Waals surface area contributed by atoms with Crippen molar-refractivity contribution < 1.29 is 12.8 Å². The highest BCUT2D eigenvalue weighted by Gasteiger charge is 2.27. The number of hydrogen-bond donors (Lipinski definition) is 0. The maximum Gasteiger partial charge on any atom is 0.269 e. The lowest BCUT2D eigenvalue weighted by molar-refractivity contribution is 0.542. The zero-order chi connectivity index (χ0) is 22.8. The van der Waals surface area contributed by atoms with E-state index in [0.29, 0.717) is 34.0 Å². The Bertz CT molecular complexity index is 1590. The van der Waals surface area contributed by atoms with Crippen LogP contribution in [-0.4, -0.2) is 32.0 Å². The van der Waals surface area contributed by atoms with Crippen LogP contribution in [0.25, 0.3) is 28.3 Å². The van der Waals surface area contributed by atoms with Crippen LogP contribution in [0.3, 0.4) is 0 Å². The highest BCUT2D eigenvalue weighted by Crippen LogP contribution is 2.32. The Kier molecular flexibility index (Phi) is 4.49. The normalized spacial score (nSPS) is 12.4. The van der Waals surface area contributed by atoms with E-state index in [0.717, 1.165) is 17.1 Å². The molecule has 0 aliphatic rings. The lowest BCUT2D eigenvalue weighted by atomic mass is 10.2. The second kappa shape index (κ2) is 7.03. The Morgan fingerprint density at radius 2 is 1.66 bits per heavy atom. The minimum Gasteiger partial charge on any atom is -0.458 e. The number of hydrogen-bond acceptors (Lipinski definition) is 6. The van der Waals surface area contributed by atoms with E-state index in [-0.39, 0.29) is 10.8 Å². The molecule has 0 fully saturated rings. The third-order valence-corrected chi connectivity index (χ3v) is 7.31. The Morgan fingerprint density at radius 3 is 2.28 bits per heavy atom. The van der Waals surface area contributed by atoms with Crippen LogP contribution >= 0.6 is 0 Å². The maximum atomic E-state index is 13.6. The van der Waals surface area contributed by atoms with E-state index in [1.807, 2.05) is 44.2 Å². The van der Waals surface area contributed by atoms with Gasteiger partial charge in [0.25, 0.3) is 10.0 Å². The van der Waals surface area contributed by atoms with Crippen LogP contribution in [0.5, 0.6) is 0 Å². The average molecular weight is 450 g/mol. The third-order valence-electron chi connectivity index (χ3n) is 5.50. The lowest BCUT2D eigenvalue weighted by Gasteiger charge is -2.12. The standard InChI is InChI=1S/C23H23N5O3S/c1-13(2)20-25-26-22-18-12-15(4)28(32(29,30)17-9-6-14(3)7-10-17)21(18)24-23(27(20)22)19-11-8-16(5)31-19/h6-13H,1-5H3. The summed E-state index contributed by atoms with van der Waals surface area (Å²) in [6, 6.07) is 12.2. The summed E-state index contributed by atoms with van der Waals surface area (Å²) in [6.45, 7) is 9.57. The summed E-state index contributed by atoms with van der Waals surface area (Å²) in [5, 5.41) is 9.40. The van der Waals surface area contributed by atoms with Crippen LogP contribution in [-0.2, 0) is 10.0 Å². The number of furan rings is 1. The zero-order valence-electron chi connectivity index (χ0n) is 18.5. The van der Waals surface area contributed by atoms with Crippen molar-refractivity contribution >= 4 is 26.7 Å². The molecule has 0 saturated carbocycles. The summed E-state index contributed by atoms with van der Waals surface area (Å²) < 4.78 is 36.2. The van der Waals surface area contributed by atoms with Gasteiger partial charge in [-0.2, -0.15) is 0 Å². The average Bonchev–Trinajstić information content (AvgIpc) is 3.43. The Hall–Kier alpha value is -3.46. The summed E-state index contributed by atoms with van der Waals surface area (Å²) in [5.74, 6) is 2.53. The minimum atomic E-state index is -3.88. The topological polar surface area (TPSA) is 95.3 Å². The molecule has 0 spiro atoms. The van der Waals surface area contributed by atoms with Crippen molar-refractivity contribution in [1.82, 2.24) is 23.6 Å². The predicted molar refractivity (Wildman–Crippen MR) is 121 cm³/mol. The molecule has 0 saturated heterocycles. The molecule has 0 aliphatic heterocycles. The molecule has 0 atom stereocenters. The number of nitrogens with zero attached hydrogens (tertiary/aromatic N) is 5. The second-order valence-electron chi connectivity index (χ2n) is 8.32. The molecule has 164 valence electrons. The number of benzene rings is 1. The highest BCUT2D eigenvalue weighted by molar-refractivity contribution is 7.90. The van der Waals surface area contributed by atoms with Crippen LogP contribution in [0.2, 0.25) is 0 Å². The molecule has 4 aromatic heterocycles. The molecule has 4 heterocycles. The Labute approximate surface area is 185 Å². The smallest absolute Gasteiger partial charge is 0.269 e. The summed E-state index contributed by atoms with van der Waals surface area (Å²) in [4.78, 5) is 5.00. The van der Waals surface area contributed by atoms with Crippen molar-refractivity contribution in [3.8, 4) is 11.6 Å². The molecular weight excluding hydrogens is 426 g/mol. The molecule has 5 rings (SSSR count). The van der Waals surface area contributed by atoms with Gasteiger partial charge in [-0.05, 0) is 51.1 Å². The number of fused-ring (bicyclic) bond motifs is 3. The van der Waals surface area contributed by atoms with Crippen molar-refractivity contribution in [3.05, 3.63) is 65.3 Å². The summed E-state index contributed by atoms with van der Waals surface area (Å²) in [5.41, 5.74) is 2.36. The SMILES string of the molecule is Cc1ccc(S(=O)(=O)n2c(C)cc3c2nc(-c2ccc(C)o2)n2c(C(C)C)nnc32)cc1. The van der Waals surface area contributed by atoms with E-state index < -0.39 is 10.0 Å². The molecule has 0 radical (unpaired) electrons. The fraction of sp³-hybridized carbons (Fsp3) is 0.261. The first-order valence-electron chi connectivity index (χ1n) is 10.3. The number of aromatic nitrogens is 5. The van der Waals surface area contributed by atoms with Gasteiger partial charge in [-0.3, -0.25) is 4.40 Å². The fourth-order valence-electron chi connectivity index (χ4n) is 3.92. The van der Waals surface area contributed by atoms with Gasteiger partial charge in [0, 0.05) is 11.6 Å². The van der Waals surface area contributed by atoms with Crippen LogP contribution in [0.4, 0.5) is 0 Å². The summed E-state index contributed by atoms with van der Waals surface area (Å²) in [6.07, 6.45) is 0. The largest absolute Gasteiger partial charge is 0.458 e. The quantitative estimate of drug-likeness (QED) is 0.397. The monoisotopic (exact) mass is 449 g/mol. The molecule has 0 N–H and O–H groups in total. The molecule has 9 heteroatoms. The van der Waals surface area contributed by atoms with E-state index in [2.05, 4.69) is 10.2 Å². The molecule has 0 amide bonds. The zero-order valence-corrected chi connectivity index (χ0v) is 19.3. The van der Waals surface area contributed by atoms with Gasteiger partial charge < -0.3 is 4.42 Å². The van der Waals surface area contributed by atoms with E-state index in [1.54, 1.807) is 37.3 Å². The molecule has 0 unspecified atom stereocenters. The minimum absolute atomic E-state index is 0.0820. The highest BCUT2D eigenvalue weighted by atomic mass is 32.2. The Morgan fingerprint density at radius 1 is 0.938 bits per heavy atom. The van der Waals surface area contributed by atoms with Gasteiger partial charge in [0.05, 0.1) is 10.3 Å². The first-order chi connectivity index (χ1) is 15.2. The van der Waals surface area contributed by atoms with Crippen molar-refractivity contribution in [2.45, 2.75) is 45.4 Å². The van der Waals surface area contributed by atoms with Crippen molar-refractivity contribution in [2.24, 2.45) is 0 Å². The van der Waals surface area contributed by atoms with E-state index in [9.17, 15) is 8.42 Å². The van der Waals surface area contributed by atoms with Gasteiger partial charge in [-0.25, -0.2) is 17.4 Å². The fourth-order valence-corrected chi connectivity index (χ4v) is 5.41. The first kappa shape index (κ1) is 20.4. The molecule has 0 bridgehead atoms. The lowest BCUT2D eigenvalue weighted by Crippen LogP contribution is -2.15.